The third kappa shape index (κ3) is 6.55. The largest absolute Gasteiger partial charge is 0.466 e. The molecule has 4 nitrogen and oxygen atoms in total. The van der Waals surface area contributed by atoms with E-state index >= 15 is 0 Å². The first-order valence-electron chi connectivity index (χ1n) is 15.0. The highest BCUT2D eigenvalue weighted by Crippen LogP contribution is 2.41. The van der Waals surface area contributed by atoms with Crippen molar-refractivity contribution in [2.45, 2.75) is 97.0 Å². The number of aryl methyl sites for hydroxylation is 2. The molecule has 40 heavy (non-hydrogen) atoms. The monoisotopic (exact) mass is 539 g/mol. The Labute approximate surface area is 240 Å². The van der Waals surface area contributed by atoms with Gasteiger partial charge in [0.25, 0.3) is 0 Å². The number of nitrogens with zero attached hydrogens (tertiary/aromatic N) is 1. The Bertz CT molecular complexity index is 1350. The van der Waals surface area contributed by atoms with E-state index in [9.17, 15) is 9.90 Å². The van der Waals surface area contributed by atoms with Gasteiger partial charge < -0.3 is 9.84 Å². The Morgan fingerprint density at radius 2 is 1.62 bits per heavy atom. The van der Waals surface area contributed by atoms with Gasteiger partial charge in [-0.3, -0.25) is 9.78 Å². The second-order valence-corrected chi connectivity index (χ2v) is 11.5. The Morgan fingerprint density at radius 3 is 2.25 bits per heavy atom. The molecule has 0 radical (unpaired) electrons. The van der Waals surface area contributed by atoms with Crippen LogP contribution in [0.5, 0.6) is 0 Å². The minimum atomic E-state index is -0.660. The number of carbonyl (C=O) groups excluding carboxylic acids is 1. The molecule has 1 heterocycles. The topological polar surface area (TPSA) is 59.4 Å². The van der Waals surface area contributed by atoms with Crippen molar-refractivity contribution < 1.29 is 14.6 Å². The van der Waals surface area contributed by atoms with Crippen LogP contribution in [-0.4, -0.2) is 28.3 Å². The molecule has 0 saturated heterocycles. The zero-order valence-electron chi connectivity index (χ0n) is 24.9. The number of carbonyl (C=O) groups is 1. The molecule has 1 N–H and O–H groups in total. The third-order valence-electron chi connectivity index (χ3n) is 8.86. The number of ether oxygens (including phenoxy) is 1. The Balaban J connectivity index is 1.62. The van der Waals surface area contributed by atoms with E-state index in [-0.39, 0.29) is 17.8 Å². The minimum absolute atomic E-state index is 0.0954. The van der Waals surface area contributed by atoms with Crippen LogP contribution in [0.4, 0.5) is 0 Å². The fourth-order valence-electron chi connectivity index (χ4n) is 6.36. The van der Waals surface area contributed by atoms with Gasteiger partial charge in [0.15, 0.2) is 0 Å². The van der Waals surface area contributed by atoms with Crippen LogP contribution in [0.25, 0.3) is 17.2 Å². The molecule has 1 fully saturated rings. The molecule has 4 rings (SSSR count). The van der Waals surface area contributed by atoms with Crippen molar-refractivity contribution in [3.63, 3.8) is 0 Å². The molecule has 4 heteroatoms. The molecule has 0 atom stereocenters. The van der Waals surface area contributed by atoms with Crippen LogP contribution in [0.2, 0.25) is 0 Å². The van der Waals surface area contributed by atoms with Crippen LogP contribution < -0.4 is 0 Å². The summed E-state index contributed by atoms with van der Waals surface area (Å²) in [4.78, 5) is 16.4. The maximum Gasteiger partial charge on any atom is 0.310 e. The predicted molar refractivity (Wildman–Crippen MR) is 164 cm³/mol. The average molecular weight is 540 g/mol. The first-order chi connectivity index (χ1) is 19.2. The number of benzene rings is 2. The van der Waals surface area contributed by atoms with Crippen molar-refractivity contribution in [2.75, 3.05) is 6.61 Å². The van der Waals surface area contributed by atoms with Gasteiger partial charge in [0, 0.05) is 23.4 Å². The molecule has 1 aliphatic rings. The summed E-state index contributed by atoms with van der Waals surface area (Å²) in [7, 11) is 0. The van der Waals surface area contributed by atoms with E-state index in [1.165, 1.54) is 34.2 Å². The Morgan fingerprint density at radius 1 is 0.950 bits per heavy atom. The summed E-state index contributed by atoms with van der Waals surface area (Å²) in [5.74, 6) is -0.231. The van der Waals surface area contributed by atoms with Crippen LogP contribution in [0.15, 0.2) is 60.9 Å². The lowest BCUT2D eigenvalue weighted by molar-refractivity contribution is -0.142. The number of hydrogen-bond acceptors (Lipinski definition) is 4. The predicted octanol–water partition coefficient (Wildman–Crippen LogP) is 8.29. The molecule has 0 unspecified atom stereocenters. The zero-order chi connectivity index (χ0) is 28.8. The molecule has 0 aliphatic heterocycles. The maximum absolute atomic E-state index is 12.0. The molecule has 2 aromatic carbocycles. The highest BCUT2D eigenvalue weighted by Gasteiger charge is 2.31. The van der Waals surface area contributed by atoms with Crippen LogP contribution in [0, 0.1) is 13.8 Å². The van der Waals surface area contributed by atoms with E-state index in [4.69, 9.17) is 4.74 Å². The van der Waals surface area contributed by atoms with E-state index in [1.807, 2.05) is 25.3 Å². The van der Waals surface area contributed by atoms with Crippen molar-refractivity contribution in [1.29, 1.82) is 0 Å². The van der Waals surface area contributed by atoms with E-state index in [1.54, 1.807) is 6.20 Å². The van der Waals surface area contributed by atoms with E-state index in [0.29, 0.717) is 6.61 Å². The number of esters is 1. The van der Waals surface area contributed by atoms with Crippen LogP contribution in [0.3, 0.4) is 0 Å². The molecular formula is C36H45NO3. The Hall–Kier alpha value is -3.24. The third-order valence-corrected chi connectivity index (χ3v) is 8.86. The lowest BCUT2D eigenvalue weighted by atomic mass is 9.69. The van der Waals surface area contributed by atoms with Crippen molar-refractivity contribution in [2.24, 2.45) is 0 Å². The van der Waals surface area contributed by atoms with Crippen molar-refractivity contribution >= 4 is 12.0 Å². The van der Waals surface area contributed by atoms with Crippen LogP contribution in [0.1, 0.15) is 99.1 Å². The molecule has 1 aliphatic carbocycles. The molecule has 1 saturated carbocycles. The lowest BCUT2D eigenvalue weighted by Gasteiger charge is -2.34. The number of hydrogen-bond donors (Lipinski definition) is 1. The summed E-state index contributed by atoms with van der Waals surface area (Å²) < 4.78 is 5.11. The van der Waals surface area contributed by atoms with Gasteiger partial charge in [-0.1, -0.05) is 81.7 Å². The molecule has 212 valence electrons. The van der Waals surface area contributed by atoms with Gasteiger partial charge in [0.1, 0.15) is 0 Å². The van der Waals surface area contributed by atoms with Gasteiger partial charge in [-0.05, 0) is 91.5 Å². The van der Waals surface area contributed by atoms with E-state index in [2.05, 4.69) is 75.2 Å². The normalized spacial score (nSPS) is 15.3. The highest BCUT2D eigenvalue weighted by molar-refractivity contribution is 5.74. The summed E-state index contributed by atoms with van der Waals surface area (Å²) in [5.41, 5.74) is 8.48. The summed E-state index contributed by atoms with van der Waals surface area (Å²) in [6.45, 7) is 11.1. The van der Waals surface area contributed by atoms with Crippen LogP contribution >= 0.6 is 0 Å². The fourth-order valence-corrected chi connectivity index (χ4v) is 6.36. The Kier molecular flexibility index (Phi) is 9.63. The fraction of sp³-hybridized carbons (Fsp3) is 0.444. The number of aromatic nitrogens is 1. The SMILES string of the molecule is CCOC(=O)Cc1cncc(-c2ccc(C(CC)(CC)c3ccc(/C=C/C4(O)CCCCC4)c(C)c3)cc2C)c1. The van der Waals surface area contributed by atoms with Crippen molar-refractivity contribution in [3.05, 3.63) is 94.3 Å². The average Bonchev–Trinajstić information content (AvgIpc) is 2.94. The summed E-state index contributed by atoms with van der Waals surface area (Å²) in [6.07, 6.45) is 15.1. The van der Waals surface area contributed by atoms with Gasteiger partial charge in [-0.25, -0.2) is 0 Å². The molecule has 0 spiro atoms. The number of rotatable bonds is 10. The van der Waals surface area contributed by atoms with E-state index in [0.717, 1.165) is 55.2 Å². The minimum Gasteiger partial charge on any atom is -0.466 e. The molecular weight excluding hydrogens is 494 g/mol. The highest BCUT2D eigenvalue weighted by atomic mass is 16.5. The van der Waals surface area contributed by atoms with Crippen LogP contribution in [-0.2, 0) is 21.4 Å². The second-order valence-electron chi connectivity index (χ2n) is 11.5. The smallest absolute Gasteiger partial charge is 0.310 e. The molecule has 0 amide bonds. The van der Waals surface area contributed by atoms with E-state index < -0.39 is 5.60 Å². The quantitative estimate of drug-likeness (QED) is 0.263. The van der Waals surface area contributed by atoms with Gasteiger partial charge in [0.2, 0.25) is 0 Å². The summed E-state index contributed by atoms with van der Waals surface area (Å²) >= 11 is 0. The standard InChI is InChI=1S/C36H45NO3/c1-6-36(7-2,31-13-12-29(26(4)20-31)16-19-35(39)17-10-9-11-18-35)32-14-15-33(27(5)21-32)30-22-28(24-37-25-30)23-34(38)40-8-3/h12-16,19-22,24-25,39H,6-11,17-18,23H2,1-5H3/b19-16+. The first kappa shape index (κ1) is 29.7. The summed E-state index contributed by atoms with van der Waals surface area (Å²) in [5, 5.41) is 10.9. The maximum atomic E-state index is 12.0. The number of aliphatic hydroxyl groups is 1. The summed E-state index contributed by atoms with van der Waals surface area (Å²) in [6, 6.07) is 15.6. The number of pyridine rings is 1. The zero-order valence-corrected chi connectivity index (χ0v) is 24.9. The van der Waals surface area contributed by atoms with Crippen molar-refractivity contribution in [1.82, 2.24) is 4.98 Å². The van der Waals surface area contributed by atoms with Gasteiger partial charge in [-0.2, -0.15) is 0 Å². The second kappa shape index (κ2) is 13.0. The van der Waals surface area contributed by atoms with Crippen molar-refractivity contribution in [3.8, 4) is 11.1 Å². The first-order valence-corrected chi connectivity index (χ1v) is 15.0. The lowest BCUT2D eigenvalue weighted by Crippen LogP contribution is -2.28. The van der Waals surface area contributed by atoms with Gasteiger partial charge in [-0.15, -0.1) is 0 Å². The molecule has 1 aromatic heterocycles. The van der Waals surface area contributed by atoms with Gasteiger partial charge in [0.05, 0.1) is 18.6 Å². The molecule has 3 aromatic rings. The molecule has 0 bridgehead atoms. The van der Waals surface area contributed by atoms with Gasteiger partial charge >= 0.3 is 5.97 Å².